The number of benzene rings is 2. The number of imidazole rings is 1. The van der Waals surface area contributed by atoms with Crippen molar-refractivity contribution in [1.82, 2.24) is 19.8 Å². The molecular weight excluding hydrogens is 390 g/mol. The van der Waals surface area contributed by atoms with Gasteiger partial charge in [-0.3, -0.25) is 14.6 Å². The van der Waals surface area contributed by atoms with Gasteiger partial charge in [-0.25, -0.2) is 4.98 Å². The lowest BCUT2D eigenvalue weighted by Gasteiger charge is -2.33. The van der Waals surface area contributed by atoms with Crippen molar-refractivity contribution >= 4 is 34.2 Å². The average molecular weight is 414 g/mol. The maximum Gasteiger partial charge on any atom is 0.238 e. The van der Waals surface area contributed by atoms with Gasteiger partial charge in [0, 0.05) is 31.2 Å². The molecule has 1 fully saturated rings. The van der Waals surface area contributed by atoms with Crippen LogP contribution in [0.5, 0.6) is 5.75 Å². The molecule has 7 nitrogen and oxygen atoms in total. The molecule has 2 heterocycles. The molecule has 1 aliphatic rings. The first-order chi connectivity index (χ1) is 14.1. The highest BCUT2D eigenvalue weighted by Crippen LogP contribution is 2.27. The number of carbonyl (C=O) groups is 1. The number of para-hydroxylation sites is 2. The lowest BCUT2D eigenvalue weighted by atomic mass is 10.2. The molecular formula is C21H24ClN5O2. The van der Waals surface area contributed by atoms with Gasteiger partial charge in [-0.05, 0) is 30.3 Å². The topological polar surface area (TPSA) is 73.5 Å². The molecule has 0 atom stereocenters. The molecule has 0 aliphatic carbocycles. The summed E-state index contributed by atoms with van der Waals surface area (Å²) in [6, 6.07) is 13.2. The van der Waals surface area contributed by atoms with Crippen molar-refractivity contribution in [1.29, 1.82) is 0 Å². The fourth-order valence-electron chi connectivity index (χ4n) is 3.57. The molecule has 0 unspecified atom stereocenters. The molecule has 1 aromatic heterocycles. The minimum absolute atomic E-state index is 0.0729. The van der Waals surface area contributed by atoms with Gasteiger partial charge in [0.2, 0.25) is 5.91 Å². The molecule has 0 spiro atoms. The SMILES string of the molecule is COc1ccc(Cl)cc1NC(=O)CN1CCN(Cc2nc3ccccc3[nH]2)CC1. The zero-order chi connectivity index (χ0) is 20.2. The van der Waals surface area contributed by atoms with Gasteiger partial charge in [0.25, 0.3) is 0 Å². The van der Waals surface area contributed by atoms with Crippen molar-refractivity contribution in [2.45, 2.75) is 6.54 Å². The number of hydrogen-bond acceptors (Lipinski definition) is 5. The van der Waals surface area contributed by atoms with E-state index in [4.69, 9.17) is 16.3 Å². The Balaban J connectivity index is 1.27. The van der Waals surface area contributed by atoms with E-state index in [2.05, 4.69) is 25.1 Å². The summed E-state index contributed by atoms with van der Waals surface area (Å²) in [4.78, 5) is 25.0. The monoisotopic (exact) mass is 413 g/mol. The quantitative estimate of drug-likeness (QED) is 0.650. The number of H-pyrrole nitrogens is 1. The molecule has 1 aliphatic heterocycles. The lowest BCUT2D eigenvalue weighted by molar-refractivity contribution is -0.117. The van der Waals surface area contributed by atoms with Gasteiger partial charge in [-0.15, -0.1) is 0 Å². The summed E-state index contributed by atoms with van der Waals surface area (Å²) in [5, 5.41) is 3.45. The van der Waals surface area contributed by atoms with E-state index in [9.17, 15) is 4.79 Å². The summed E-state index contributed by atoms with van der Waals surface area (Å²) in [5.41, 5.74) is 2.65. The Morgan fingerprint density at radius 3 is 2.69 bits per heavy atom. The number of hydrogen-bond donors (Lipinski definition) is 2. The Hall–Kier alpha value is -2.61. The van der Waals surface area contributed by atoms with E-state index in [1.165, 1.54) is 0 Å². The highest BCUT2D eigenvalue weighted by Gasteiger charge is 2.20. The average Bonchev–Trinajstić information content (AvgIpc) is 3.12. The molecule has 3 aromatic rings. The number of anilines is 1. The number of aromatic nitrogens is 2. The Morgan fingerprint density at radius 2 is 1.93 bits per heavy atom. The standard InChI is InChI=1S/C21H24ClN5O2/c1-29-19-7-6-15(22)12-18(19)25-21(28)14-27-10-8-26(9-11-27)13-20-23-16-4-2-3-5-17(16)24-20/h2-7,12H,8-11,13-14H2,1H3,(H,23,24)(H,25,28). The first-order valence-corrected chi connectivity index (χ1v) is 10.0. The number of nitrogens with zero attached hydrogens (tertiary/aromatic N) is 3. The largest absolute Gasteiger partial charge is 0.495 e. The van der Waals surface area contributed by atoms with Crippen LogP contribution in [0.2, 0.25) is 5.02 Å². The lowest BCUT2D eigenvalue weighted by Crippen LogP contribution is -2.48. The summed E-state index contributed by atoms with van der Waals surface area (Å²) < 4.78 is 5.28. The highest BCUT2D eigenvalue weighted by molar-refractivity contribution is 6.31. The molecule has 4 rings (SSSR count). The first kappa shape index (κ1) is 19.7. The summed E-state index contributed by atoms with van der Waals surface area (Å²) in [5.74, 6) is 1.50. The van der Waals surface area contributed by atoms with Crippen LogP contribution in [-0.4, -0.2) is 65.5 Å². The number of ether oxygens (including phenoxy) is 1. The Morgan fingerprint density at radius 1 is 1.17 bits per heavy atom. The van der Waals surface area contributed by atoms with Gasteiger partial charge in [0.1, 0.15) is 11.6 Å². The molecule has 0 bridgehead atoms. The number of amides is 1. The summed E-state index contributed by atoms with van der Waals surface area (Å²) in [7, 11) is 1.57. The van der Waals surface area contributed by atoms with Crippen molar-refractivity contribution < 1.29 is 9.53 Å². The van der Waals surface area contributed by atoms with Crippen LogP contribution in [0.15, 0.2) is 42.5 Å². The van der Waals surface area contributed by atoms with Crippen LogP contribution >= 0.6 is 11.6 Å². The van der Waals surface area contributed by atoms with Crippen LogP contribution in [0.1, 0.15) is 5.82 Å². The summed E-state index contributed by atoms with van der Waals surface area (Å²) >= 11 is 6.03. The molecule has 2 N–H and O–H groups in total. The third-order valence-electron chi connectivity index (χ3n) is 5.08. The van der Waals surface area contributed by atoms with Crippen LogP contribution in [0, 0.1) is 0 Å². The normalized spacial score (nSPS) is 15.5. The maximum absolute atomic E-state index is 12.5. The van der Waals surface area contributed by atoms with E-state index in [-0.39, 0.29) is 5.91 Å². The van der Waals surface area contributed by atoms with E-state index in [1.807, 2.05) is 24.3 Å². The van der Waals surface area contributed by atoms with Crippen molar-refractivity contribution in [2.24, 2.45) is 0 Å². The first-order valence-electron chi connectivity index (χ1n) is 9.62. The van der Waals surface area contributed by atoms with Crippen LogP contribution in [-0.2, 0) is 11.3 Å². The minimum atomic E-state index is -0.0729. The highest BCUT2D eigenvalue weighted by atomic mass is 35.5. The fraction of sp³-hybridized carbons (Fsp3) is 0.333. The molecule has 2 aromatic carbocycles. The van der Waals surface area contributed by atoms with Gasteiger partial charge >= 0.3 is 0 Å². The van der Waals surface area contributed by atoms with Crippen molar-refractivity contribution in [2.75, 3.05) is 45.2 Å². The van der Waals surface area contributed by atoms with Gasteiger partial charge in [0.05, 0.1) is 36.9 Å². The molecule has 1 saturated heterocycles. The zero-order valence-electron chi connectivity index (χ0n) is 16.3. The number of aromatic amines is 1. The van der Waals surface area contributed by atoms with E-state index < -0.39 is 0 Å². The second kappa shape index (κ2) is 8.82. The summed E-state index contributed by atoms with van der Waals surface area (Å²) in [6.45, 7) is 4.58. The number of fused-ring (bicyclic) bond motifs is 1. The Kier molecular flexibility index (Phi) is 5.99. The van der Waals surface area contributed by atoms with Crippen molar-refractivity contribution in [3.63, 3.8) is 0 Å². The smallest absolute Gasteiger partial charge is 0.238 e. The molecule has 29 heavy (non-hydrogen) atoms. The predicted octanol–water partition coefficient (Wildman–Crippen LogP) is 2.98. The number of rotatable bonds is 6. The number of piperazine rings is 1. The molecule has 1 amide bonds. The Bertz CT molecular complexity index is 965. The number of carbonyl (C=O) groups excluding carboxylic acids is 1. The van der Waals surface area contributed by atoms with Crippen LogP contribution in [0.4, 0.5) is 5.69 Å². The number of halogens is 1. The molecule has 8 heteroatoms. The number of nitrogens with one attached hydrogen (secondary N) is 2. The van der Waals surface area contributed by atoms with Gasteiger partial charge in [-0.1, -0.05) is 23.7 Å². The third-order valence-corrected chi connectivity index (χ3v) is 5.31. The van der Waals surface area contributed by atoms with Crippen LogP contribution < -0.4 is 10.1 Å². The van der Waals surface area contributed by atoms with E-state index >= 15 is 0 Å². The fourth-order valence-corrected chi connectivity index (χ4v) is 3.74. The third kappa shape index (κ3) is 4.87. The molecule has 152 valence electrons. The predicted molar refractivity (Wildman–Crippen MR) is 114 cm³/mol. The Labute approximate surface area is 174 Å². The van der Waals surface area contributed by atoms with Gasteiger partial charge in [0.15, 0.2) is 0 Å². The van der Waals surface area contributed by atoms with Crippen molar-refractivity contribution in [3.8, 4) is 5.75 Å². The summed E-state index contributed by atoms with van der Waals surface area (Å²) in [6.07, 6.45) is 0. The van der Waals surface area contributed by atoms with E-state index in [1.54, 1.807) is 25.3 Å². The van der Waals surface area contributed by atoms with E-state index in [0.717, 1.165) is 49.6 Å². The number of methoxy groups -OCH3 is 1. The van der Waals surface area contributed by atoms with Crippen LogP contribution in [0.3, 0.4) is 0 Å². The van der Waals surface area contributed by atoms with Crippen LogP contribution in [0.25, 0.3) is 11.0 Å². The van der Waals surface area contributed by atoms with E-state index in [0.29, 0.717) is 23.0 Å². The van der Waals surface area contributed by atoms with Gasteiger partial charge < -0.3 is 15.0 Å². The molecule has 0 radical (unpaired) electrons. The minimum Gasteiger partial charge on any atom is -0.495 e. The second-order valence-corrected chi connectivity index (χ2v) is 7.58. The molecule has 0 saturated carbocycles. The van der Waals surface area contributed by atoms with Crippen molar-refractivity contribution in [3.05, 3.63) is 53.3 Å². The zero-order valence-corrected chi connectivity index (χ0v) is 17.1. The van der Waals surface area contributed by atoms with Gasteiger partial charge in [-0.2, -0.15) is 0 Å². The maximum atomic E-state index is 12.5. The second-order valence-electron chi connectivity index (χ2n) is 7.15.